The fourth-order valence-electron chi connectivity index (χ4n) is 3.01. The molecule has 0 aliphatic heterocycles. The standard InChI is InChI=1S/C22H41NO2.Li/c1-5-7-9-11-13-15-17-20(3)23(19-22(24)25)21(4)18-16-14-12-10-8-6-2;/h13-16,20-21H,5-12,17-19H2,1-4H3,(H,24,25);/q;+1/p-1/b15-13+,16-14+;. The van der Waals surface area contributed by atoms with E-state index in [1.165, 1.54) is 38.5 Å². The van der Waals surface area contributed by atoms with Crippen LogP contribution in [-0.2, 0) is 4.79 Å². The summed E-state index contributed by atoms with van der Waals surface area (Å²) in [6.45, 7) is 8.66. The molecule has 0 saturated carbocycles. The van der Waals surface area contributed by atoms with E-state index in [1.54, 1.807) is 0 Å². The molecule has 0 N–H and O–H groups in total. The third-order valence-electron chi connectivity index (χ3n) is 4.68. The summed E-state index contributed by atoms with van der Waals surface area (Å²) in [6, 6.07) is 0.424. The van der Waals surface area contributed by atoms with E-state index in [1.807, 2.05) is 0 Å². The van der Waals surface area contributed by atoms with Crippen molar-refractivity contribution in [2.24, 2.45) is 0 Å². The quantitative estimate of drug-likeness (QED) is 0.241. The van der Waals surface area contributed by atoms with Crippen LogP contribution in [0, 0.1) is 0 Å². The van der Waals surface area contributed by atoms with Crippen LogP contribution in [0.15, 0.2) is 24.3 Å². The van der Waals surface area contributed by atoms with E-state index in [0.29, 0.717) is 0 Å². The summed E-state index contributed by atoms with van der Waals surface area (Å²) in [7, 11) is 0. The molecule has 0 aromatic carbocycles. The van der Waals surface area contributed by atoms with E-state index in [2.05, 4.69) is 56.9 Å². The molecular weight excluding hydrogens is 317 g/mol. The minimum atomic E-state index is -0.988. The number of carbonyl (C=O) groups excluding carboxylic acids is 1. The maximum atomic E-state index is 11.1. The summed E-state index contributed by atoms with van der Waals surface area (Å²) < 4.78 is 0. The summed E-state index contributed by atoms with van der Waals surface area (Å²) >= 11 is 0. The summed E-state index contributed by atoms with van der Waals surface area (Å²) in [4.78, 5) is 13.2. The Kier molecular flexibility index (Phi) is 20.6. The second-order valence-corrected chi connectivity index (χ2v) is 7.15. The molecule has 0 aliphatic rings. The fraction of sp³-hybridized carbons (Fsp3) is 0.773. The number of unbranched alkanes of at least 4 members (excludes halogenated alkanes) is 6. The van der Waals surface area contributed by atoms with Crippen LogP contribution in [0.25, 0.3) is 0 Å². The van der Waals surface area contributed by atoms with E-state index >= 15 is 0 Å². The van der Waals surface area contributed by atoms with Crippen molar-refractivity contribution in [1.29, 1.82) is 0 Å². The number of carbonyl (C=O) groups is 1. The first-order valence-electron chi connectivity index (χ1n) is 10.3. The van der Waals surface area contributed by atoms with Gasteiger partial charge in [0.05, 0.1) is 5.97 Å². The first kappa shape index (κ1) is 27.7. The molecule has 26 heavy (non-hydrogen) atoms. The van der Waals surface area contributed by atoms with E-state index in [-0.39, 0.29) is 37.5 Å². The average molecular weight is 358 g/mol. The summed E-state index contributed by atoms with van der Waals surface area (Å²) in [6.07, 6.45) is 20.4. The van der Waals surface area contributed by atoms with Crippen LogP contribution in [0.4, 0.5) is 0 Å². The molecule has 0 bridgehead atoms. The normalized spacial score (nSPS) is 14.0. The Hall–Kier alpha value is -0.493. The Morgan fingerprint density at radius 1 is 0.846 bits per heavy atom. The Labute approximate surface area is 174 Å². The molecule has 0 amide bonds. The molecule has 0 aliphatic carbocycles. The van der Waals surface area contributed by atoms with Crippen LogP contribution in [0.5, 0.6) is 0 Å². The van der Waals surface area contributed by atoms with Gasteiger partial charge in [0, 0.05) is 18.6 Å². The van der Waals surface area contributed by atoms with Crippen molar-refractivity contribution < 1.29 is 28.8 Å². The van der Waals surface area contributed by atoms with Gasteiger partial charge in [-0.15, -0.1) is 0 Å². The molecular formula is C22H40LiNO2. The number of carboxylic acids is 1. The van der Waals surface area contributed by atoms with Crippen molar-refractivity contribution >= 4 is 5.97 Å². The Morgan fingerprint density at radius 2 is 1.27 bits per heavy atom. The maximum absolute atomic E-state index is 11.1. The molecule has 2 atom stereocenters. The second-order valence-electron chi connectivity index (χ2n) is 7.15. The van der Waals surface area contributed by atoms with Crippen LogP contribution in [0.1, 0.15) is 91.9 Å². The van der Waals surface area contributed by atoms with Crippen molar-refractivity contribution in [1.82, 2.24) is 4.90 Å². The monoisotopic (exact) mass is 357 g/mol. The first-order valence-corrected chi connectivity index (χ1v) is 10.3. The summed E-state index contributed by atoms with van der Waals surface area (Å²) in [5.41, 5.74) is 0. The van der Waals surface area contributed by atoms with Gasteiger partial charge < -0.3 is 9.90 Å². The number of aliphatic carboxylic acids is 1. The molecule has 0 heterocycles. The third kappa shape index (κ3) is 15.7. The fourth-order valence-corrected chi connectivity index (χ4v) is 3.01. The Bertz CT molecular complexity index is 354. The molecule has 2 unspecified atom stereocenters. The number of nitrogens with zero attached hydrogens (tertiary/aromatic N) is 1. The van der Waals surface area contributed by atoms with E-state index < -0.39 is 5.97 Å². The molecule has 0 radical (unpaired) electrons. The van der Waals surface area contributed by atoms with Gasteiger partial charge in [0.25, 0.3) is 0 Å². The molecule has 0 saturated heterocycles. The zero-order valence-corrected chi connectivity index (χ0v) is 18.0. The smallest absolute Gasteiger partial charge is 0.549 e. The minimum absolute atomic E-state index is 0. The van der Waals surface area contributed by atoms with Crippen molar-refractivity contribution in [2.45, 2.75) is 104 Å². The van der Waals surface area contributed by atoms with Crippen molar-refractivity contribution in [3.05, 3.63) is 24.3 Å². The van der Waals surface area contributed by atoms with Crippen LogP contribution in [-0.4, -0.2) is 29.5 Å². The maximum Gasteiger partial charge on any atom is 1.00 e. The van der Waals surface area contributed by atoms with E-state index in [9.17, 15) is 9.90 Å². The minimum Gasteiger partial charge on any atom is -0.549 e. The summed E-state index contributed by atoms with van der Waals surface area (Å²) in [5.74, 6) is -0.988. The van der Waals surface area contributed by atoms with Gasteiger partial charge in [0.15, 0.2) is 0 Å². The van der Waals surface area contributed by atoms with Gasteiger partial charge in [-0.05, 0) is 52.4 Å². The van der Waals surface area contributed by atoms with Crippen molar-refractivity contribution in [3.63, 3.8) is 0 Å². The number of allylic oxidation sites excluding steroid dienone is 2. The van der Waals surface area contributed by atoms with Gasteiger partial charge in [-0.3, -0.25) is 4.90 Å². The molecule has 3 nitrogen and oxygen atoms in total. The predicted molar refractivity (Wildman–Crippen MR) is 106 cm³/mol. The van der Waals surface area contributed by atoms with Gasteiger partial charge in [0.2, 0.25) is 0 Å². The average Bonchev–Trinajstić information content (AvgIpc) is 2.58. The topological polar surface area (TPSA) is 43.4 Å². The molecule has 0 rings (SSSR count). The van der Waals surface area contributed by atoms with Crippen molar-refractivity contribution in [3.8, 4) is 0 Å². The van der Waals surface area contributed by atoms with Crippen LogP contribution < -0.4 is 24.0 Å². The number of hydrogen-bond acceptors (Lipinski definition) is 3. The van der Waals surface area contributed by atoms with Crippen LogP contribution in [0.3, 0.4) is 0 Å². The predicted octanol–water partition coefficient (Wildman–Crippen LogP) is 1.87. The van der Waals surface area contributed by atoms with Crippen LogP contribution in [0.2, 0.25) is 0 Å². The number of hydrogen-bond donors (Lipinski definition) is 0. The van der Waals surface area contributed by atoms with Gasteiger partial charge in [-0.25, -0.2) is 0 Å². The zero-order chi connectivity index (χ0) is 18.9. The van der Waals surface area contributed by atoms with Gasteiger partial charge in [-0.2, -0.15) is 0 Å². The molecule has 4 heteroatoms. The van der Waals surface area contributed by atoms with Crippen LogP contribution >= 0.6 is 0 Å². The molecule has 146 valence electrons. The number of rotatable bonds is 16. The second kappa shape index (κ2) is 19.3. The van der Waals surface area contributed by atoms with Crippen molar-refractivity contribution in [2.75, 3.05) is 6.54 Å². The largest absolute Gasteiger partial charge is 1.00 e. The van der Waals surface area contributed by atoms with Gasteiger partial charge in [-0.1, -0.05) is 63.8 Å². The molecule has 0 spiro atoms. The van der Waals surface area contributed by atoms with E-state index in [4.69, 9.17) is 0 Å². The van der Waals surface area contributed by atoms with E-state index in [0.717, 1.165) is 25.7 Å². The molecule has 0 aromatic heterocycles. The summed E-state index contributed by atoms with van der Waals surface area (Å²) in [5, 5.41) is 11.1. The zero-order valence-electron chi connectivity index (χ0n) is 18.0. The molecule has 0 fully saturated rings. The van der Waals surface area contributed by atoms with Gasteiger partial charge >= 0.3 is 18.9 Å². The SMILES string of the molecule is CCCCC/C=C/CC(C)N(CC(=O)[O-])C(C)C/C=C/CCCCC.[Li+]. The Morgan fingerprint density at radius 3 is 1.62 bits per heavy atom. The molecule has 0 aromatic rings. The Balaban J connectivity index is 0. The number of carboxylic acid groups (broad SMARTS) is 1. The first-order chi connectivity index (χ1) is 12.0. The van der Waals surface area contributed by atoms with Gasteiger partial charge in [0.1, 0.15) is 0 Å². The third-order valence-corrected chi connectivity index (χ3v) is 4.68.